The van der Waals surface area contributed by atoms with Crippen LogP contribution in [0.25, 0.3) is 111 Å². The van der Waals surface area contributed by atoms with Crippen LogP contribution in [0.1, 0.15) is 22.3 Å². The maximum atomic E-state index is 5.39. The first-order valence-corrected chi connectivity index (χ1v) is 25.8. The molecular weight excluding hydrogens is 905 g/mol. The minimum absolute atomic E-state index is 0.516. The SMILES string of the molecule is c1ccc(-c2nc(-c3ccccc3-c3ccccc3)cc(-c3ccc(-c4cc(-c5cccc6c5-c5ccccc5C6(c5ccccc5)c5ccccc5)cc(-c5cccc6ccccc56)c4)c4ccccc34)n2)cc1. The van der Waals surface area contributed by atoms with Gasteiger partial charge in [0, 0.05) is 16.7 Å². The molecule has 0 unspecified atom stereocenters. The van der Waals surface area contributed by atoms with Crippen LogP contribution in [-0.2, 0) is 5.41 Å². The molecule has 0 N–H and O–H groups in total. The Morgan fingerprint density at radius 3 is 1.35 bits per heavy atom. The molecule has 1 aliphatic carbocycles. The van der Waals surface area contributed by atoms with Crippen molar-refractivity contribution in [2.24, 2.45) is 0 Å². The highest BCUT2D eigenvalue weighted by molar-refractivity contribution is 6.07. The van der Waals surface area contributed by atoms with Crippen LogP contribution in [0.3, 0.4) is 0 Å². The fourth-order valence-electron chi connectivity index (χ4n) is 12.1. The van der Waals surface area contributed by atoms with Gasteiger partial charge in [0.15, 0.2) is 5.82 Å². The topological polar surface area (TPSA) is 25.8 Å². The standard InChI is InChI=1S/C73H48N2/c1-5-23-49(24-6-1)58-34-15-18-37-64(58)69-48-70(75-72(74-69)51-26-7-2-8-27-51)65-44-43-60(62-35-16-17-36-63(62)65)53-45-52(59-39-21-28-50-25-13-14-33-57(50)59)46-54(47-53)61-40-22-42-68-71(61)66-38-19-20-41-67(66)73(68,55-29-9-3-10-30-55)56-31-11-4-12-32-56/h1-48H. The minimum Gasteiger partial charge on any atom is -0.228 e. The first kappa shape index (κ1) is 44.0. The van der Waals surface area contributed by atoms with Crippen LogP contribution in [0, 0.1) is 0 Å². The zero-order valence-corrected chi connectivity index (χ0v) is 41.1. The van der Waals surface area contributed by atoms with Gasteiger partial charge < -0.3 is 0 Å². The number of rotatable bonds is 9. The number of aromatic nitrogens is 2. The van der Waals surface area contributed by atoms with Crippen molar-refractivity contribution >= 4 is 21.5 Å². The Hall–Kier alpha value is -9.76. The highest BCUT2D eigenvalue weighted by atomic mass is 14.9. The molecule has 12 aromatic carbocycles. The van der Waals surface area contributed by atoms with E-state index in [9.17, 15) is 0 Å². The van der Waals surface area contributed by atoms with E-state index in [1.165, 1.54) is 60.8 Å². The van der Waals surface area contributed by atoms with Crippen LogP contribution in [0.15, 0.2) is 291 Å². The van der Waals surface area contributed by atoms with E-state index >= 15 is 0 Å². The molecule has 0 radical (unpaired) electrons. The molecule has 350 valence electrons. The second kappa shape index (κ2) is 18.4. The maximum absolute atomic E-state index is 5.39. The lowest BCUT2D eigenvalue weighted by molar-refractivity contribution is 0.768. The van der Waals surface area contributed by atoms with Gasteiger partial charge in [-0.2, -0.15) is 0 Å². The molecule has 1 aliphatic rings. The smallest absolute Gasteiger partial charge is 0.160 e. The van der Waals surface area contributed by atoms with E-state index in [0.29, 0.717) is 5.82 Å². The highest BCUT2D eigenvalue weighted by Crippen LogP contribution is 2.58. The summed E-state index contributed by atoms with van der Waals surface area (Å²) in [5.41, 5.74) is 21.2. The lowest BCUT2D eigenvalue weighted by atomic mass is 9.67. The summed E-state index contributed by atoms with van der Waals surface area (Å²) < 4.78 is 0. The summed E-state index contributed by atoms with van der Waals surface area (Å²) in [6, 6.07) is 106. The summed E-state index contributed by atoms with van der Waals surface area (Å²) >= 11 is 0. The zero-order valence-electron chi connectivity index (χ0n) is 41.1. The van der Waals surface area contributed by atoms with E-state index in [0.717, 1.165) is 66.7 Å². The summed E-state index contributed by atoms with van der Waals surface area (Å²) in [5, 5.41) is 4.71. The van der Waals surface area contributed by atoms with Crippen molar-refractivity contribution in [3.63, 3.8) is 0 Å². The highest BCUT2D eigenvalue weighted by Gasteiger charge is 2.46. The number of nitrogens with zero attached hydrogens (tertiary/aromatic N) is 2. The van der Waals surface area contributed by atoms with Crippen LogP contribution in [-0.4, -0.2) is 9.97 Å². The second-order valence-corrected chi connectivity index (χ2v) is 19.5. The van der Waals surface area contributed by atoms with Crippen molar-refractivity contribution < 1.29 is 0 Å². The lowest BCUT2D eigenvalue weighted by Gasteiger charge is -2.34. The van der Waals surface area contributed by atoms with Gasteiger partial charge in [-0.05, 0) is 124 Å². The second-order valence-electron chi connectivity index (χ2n) is 19.5. The Morgan fingerprint density at radius 2 is 0.667 bits per heavy atom. The Balaban J connectivity index is 0.999. The van der Waals surface area contributed by atoms with Crippen molar-refractivity contribution in [1.82, 2.24) is 9.97 Å². The summed E-state index contributed by atoms with van der Waals surface area (Å²) in [4.78, 5) is 10.7. The quantitative estimate of drug-likeness (QED) is 0.144. The van der Waals surface area contributed by atoms with E-state index in [1.807, 2.05) is 6.07 Å². The van der Waals surface area contributed by atoms with Crippen LogP contribution in [0.5, 0.6) is 0 Å². The van der Waals surface area contributed by atoms with Crippen molar-refractivity contribution in [1.29, 1.82) is 0 Å². The van der Waals surface area contributed by atoms with Crippen molar-refractivity contribution in [2.45, 2.75) is 5.41 Å². The molecule has 0 saturated carbocycles. The van der Waals surface area contributed by atoms with Gasteiger partial charge >= 0.3 is 0 Å². The molecule has 0 aliphatic heterocycles. The van der Waals surface area contributed by atoms with Gasteiger partial charge in [0.2, 0.25) is 0 Å². The fourth-order valence-corrected chi connectivity index (χ4v) is 12.1. The maximum Gasteiger partial charge on any atom is 0.160 e. The van der Waals surface area contributed by atoms with Gasteiger partial charge in [0.05, 0.1) is 16.8 Å². The first-order chi connectivity index (χ1) is 37.2. The van der Waals surface area contributed by atoms with E-state index in [1.54, 1.807) is 0 Å². The molecule has 2 nitrogen and oxygen atoms in total. The average Bonchev–Trinajstić information content (AvgIpc) is 3.82. The summed E-state index contributed by atoms with van der Waals surface area (Å²) in [6.07, 6.45) is 0. The van der Waals surface area contributed by atoms with Crippen molar-refractivity contribution in [2.75, 3.05) is 0 Å². The molecule has 14 rings (SSSR count). The molecule has 0 fully saturated rings. The number of hydrogen-bond donors (Lipinski definition) is 0. The van der Waals surface area contributed by atoms with Gasteiger partial charge in [0.25, 0.3) is 0 Å². The molecule has 75 heavy (non-hydrogen) atoms. The summed E-state index contributed by atoms with van der Waals surface area (Å²) in [6.45, 7) is 0. The average molecular weight is 953 g/mol. The third-order valence-electron chi connectivity index (χ3n) is 15.4. The van der Waals surface area contributed by atoms with Gasteiger partial charge in [-0.3, -0.25) is 0 Å². The van der Waals surface area contributed by atoms with Gasteiger partial charge in [-0.15, -0.1) is 0 Å². The van der Waals surface area contributed by atoms with Crippen LogP contribution in [0.2, 0.25) is 0 Å². The van der Waals surface area contributed by atoms with E-state index in [4.69, 9.17) is 9.97 Å². The number of hydrogen-bond acceptors (Lipinski definition) is 2. The molecule has 0 spiro atoms. The molecule has 1 heterocycles. The first-order valence-electron chi connectivity index (χ1n) is 25.8. The third-order valence-corrected chi connectivity index (χ3v) is 15.4. The van der Waals surface area contributed by atoms with Crippen molar-refractivity contribution in [3.05, 3.63) is 313 Å². The fraction of sp³-hybridized carbons (Fsp3) is 0.0137. The van der Waals surface area contributed by atoms with E-state index in [-0.39, 0.29) is 0 Å². The summed E-state index contributed by atoms with van der Waals surface area (Å²) in [5.74, 6) is 0.687. The van der Waals surface area contributed by atoms with E-state index in [2.05, 4.69) is 285 Å². The molecule has 1 aromatic heterocycles. The van der Waals surface area contributed by atoms with Gasteiger partial charge in [0.1, 0.15) is 0 Å². The lowest BCUT2D eigenvalue weighted by Crippen LogP contribution is -2.28. The van der Waals surface area contributed by atoms with Crippen LogP contribution >= 0.6 is 0 Å². The Morgan fingerprint density at radius 1 is 0.240 bits per heavy atom. The molecule has 0 atom stereocenters. The van der Waals surface area contributed by atoms with Crippen LogP contribution in [0.4, 0.5) is 0 Å². The Labute approximate surface area is 437 Å². The zero-order chi connectivity index (χ0) is 49.7. The van der Waals surface area contributed by atoms with Gasteiger partial charge in [-0.25, -0.2) is 9.97 Å². The van der Waals surface area contributed by atoms with Gasteiger partial charge in [-0.1, -0.05) is 267 Å². The Kier molecular flexibility index (Phi) is 10.8. The van der Waals surface area contributed by atoms with Crippen LogP contribution < -0.4 is 0 Å². The molecule has 13 aromatic rings. The predicted molar refractivity (Wildman–Crippen MR) is 312 cm³/mol. The Bertz CT molecular complexity index is 4230. The predicted octanol–water partition coefficient (Wildman–Crippen LogP) is 18.8. The largest absolute Gasteiger partial charge is 0.228 e. The minimum atomic E-state index is -0.516. The third kappa shape index (κ3) is 7.41. The number of benzene rings is 12. The van der Waals surface area contributed by atoms with E-state index < -0.39 is 5.41 Å². The van der Waals surface area contributed by atoms with Crippen molar-refractivity contribution in [3.8, 4) is 89.5 Å². The molecule has 2 heteroatoms. The number of fused-ring (bicyclic) bond motifs is 5. The normalized spacial score (nSPS) is 12.4. The molecule has 0 saturated heterocycles. The monoisotopic (exact) mass is 952 g/mol. The summed E-state index contributed by atoms with van der Waals surface area (Å²) in [7, 11) is 0. The molecular formula is C73H48N2. The molecule has 0 amide bonds. The molecule has 0 bridgehead atoms.